The summed E-state index contributed by atoms with van der Waals surface area (Å²) >= 11 is 6.00. The first-order chi connectivity index (χ1) is 13.5. The molecule has 0 saturated heterocycles. The fourth-order valence-corrected chi connectivity index (χ4v) is 3.26. The van der Waals surface area contributed by atoms with Gasteiger partial charge < -0.3 is 10.6 Å². The van der Waals surface area contributed by atoms with Gasteiger partial charge in [-0.1, -0.05) is 47.5 Å². The van der Waals surface area contributed by atoms with Crippen molar-refractivity contribution in [3.8, 4) is 0 Å². The molecule has 0 spiro atoms. The van der Waals surface area contributed by atoms with Crippen LogP contribution in [0.1, 0.15) is 27.0 Å². The fourth-order valence-electron chi connectivity index (χ4n) is 3.09. The van der Waals surface area contributed by atoms with Crippen molar-refractivity contribution in [3.63, 3.8) is 0 Å². The number of carbonyl (C=O) groups excluding carboxylic acids is 2. The summed E-state index contributed by atoms with van der Waals surface area (Å²) in [5, 5.41) is 6.29. The van der Waals surface area contributed by atoms with E-state index in [1.54, 1.807) is 30.3 Å². The van der Waals surface area contributed by atoms with Gasteiger partial charge >= 0.3 is 0 Å². The number of amides is 2. The van der Waals surface area contributed by atoms with Crippen LogP contribution in [0.5, 0.6) is 0 Å². The first-order valence-corrected chi connectivity index (χ1v) is 9.18. The minimum atomic E-state index is -0.177. The van der Waals surface area contributed by atoms with Crippen LogP contribution in [0.2, 0.25) is 5.02 Å². The second-order valence-electron chi connectivity index (χ2n) is 6.65. The molecule has 1 aliphatic heterocycles. The molecule has 3 aromatic carbocycles. The quantitative estimate of drug-likeness (QED) is 0.591. The summed E-state index contributed by atoms with van der Waals surface area (Å²) in [6.07, 6.45) is 1.80. The fraction of sp³-hybridized carbons (Fsp3) is 0.0435. The monoisotopic (exact) mass is 388 g/mol. The number of nitrogens with one attached hydrogen (secondary N) is 2. The van der Waals surface area contributed by atoms with E-state index >= 15 is 0 Å². The zero-order chi connectivity index (χ0) is 19.7. The molecule has 2 N–H and O–H groups in total. The topological polar surface area (TPSA) is 58.2 Å². The van der Waals surface area contributed by atoms with Gasteiger partial charge in [0.2, 0.25) is 0 Å². The van der Waals surface area contributed by atoms with Gasteiger partial charge in [0.1, 0.15) is 0 Å². The lowest BCUT2D eigenvalue weighted by molar-refractivity contribution is -0.110. The van der Waals surface area contributed by atoms with Crippen LogP contribution in [-0.2, 0) is 4.79 Å². The molecule has 4 rings (SSSR count). The van der Waals surface area contributed by atoms with Gasteiger partial charge in [-0.3, -0.25) is 9.59 Å². The van der Waals surface area contributed by atoms with Crippen molar-refractivity contribution in [2.24, 2.45) is 0 Å². The third-order valence-electron chi connectivity index (χ3n) is 4.53. The summed E-state index contributed by atoms with van der Waals surface area (Å²) in [6, 6.07) is 20.1. The maximum atomic E-state index is 12.4. The summed E-state index contributed by atoms with van der Waals surface area (Å²) in [5.41, 5.74) is 5.24. The predicted molar refractivity (Wildman–Crippen MR) is 114 cm³/mol. The lowest BCUT2D eigenvalue weighted by atomic mass is 10.0. The summed E-state index contributed by atoms with van der Waals surface area (Å²) < 4.78 is 0. The molecule has 3 aromatic rings. The van der Waals surface area contributed by atoms with Crippen LogP contribution in [0.3, 0.4) is 0 Å². The molecule has 0 radical (unpaired) electrons. The van der Waals surface area contributed by atoms with E-state index in [0.29, 0.717) is 27.5 Å². The van der Waals surface area contributed by atoms with E-state index in [1.165, 1.54) is 0 Å². The second-order valence-corrected chi connectivity index (χ2v) is 7.08. The standard InChI is InChI=1S/C23H17ClN2O2/c1-14-5-7-16(8-6-14)22(27)25-18-4-2-3-15(11-18)12-20-19-10-9-17(24)13-21(19)26-23(20)28/h2-13H,1H3,(H,25,27)(H,26,28)/b20-12+. The molecule has 0 atom stereocenters. The molecule has 2 amide bonds. The Morgan fingerprint density at radius 1 is 1.04 bits per heavy atom. The molecule has 0 unspecified atom stereocenters. The third kappa shape index (κ3) is 3.68. The molecule has 138 valence electrons. The van der Waals surface area contributed by atoms with Gasteiger partial charge in [0, 0.05) is 27.4 Å². The Kier molecular flexibility index (Phi) is 4.72. The van der Waals surface area contributed by atoms with Crippen molar-refractivity contribution in [1.82, 2.24) is 0 Å². The molecule has 0 fully saturated rings. The summed E-state index contributed by atoms with van der Waals surface area (Å²) in [7, 11) is 0. The number of fused-ring (bicyclic) bond motifs is 1. The number of hydrogen-bond donors (Lipinski definition) is 2. The molecule has 0 saturated carbocycles. The van der Waals surface area contributed by atoms with Crippen molar-refractivity contribution in [2.75, 3.05) is 10.6 Å². The number of rotatable bonds is 3. The summed E-state index contributed by atoms with van der Waals surface area (Å²) in [4.78, 5) is 24.8. The molecular formula is C23H17ClN2O2. The Morgan fingerprint density at radius 3 is 2.61 bits per heavy atom. The number of hydrogen-bond acceptors (Lipinski definition) is 2. The van der Waals surface area contributed by atoms with E-state index < -0.39 is 0 Å². The average molecular weight is 389 g/mol. The Hall–Kier alpha value is -3.37. The molecule has 5 heteroatoms. The van der Waals surface area contributed by atoms with Gasteiger partial charge in [-0.25, -0.2) is 0 Å². The van der Waals surface area contributed by atoms with E-state index in [4.69, 9.17) is 11.6 Å². The first-order valence-electron chi connectivity index (χ1n) is 8.81. The molecule has 0 aromatic heterocycles. The second kappa shape index (κ2) is 7.33. The minimum absolute atomic E-state index is 0.175. The maximum absolute atomic E-state index is 12.4. The highest BCUT2D eigenvalue weighted by Gasteiger charge is 2.24. The number of benzene rings is 3. The van der Waals surface area contributed by atoms with E-state index in [0.717, 1.165) is 16.7 Å². The van der Waals surface area contributed by atoms with Gasteiger partial charge in [0.25, 0.3) is 11.8 Å². The van der Waals surface area contributed by atoms with Crippen molar-refractivity contribution < 1.29 is 9.59 Å². The number of carbonyl (C=O) groups is 2. The largest absolute Gasteiger partial charge is 0.322 e. The number of anilines is 2. The zero-order valence-electron chi connectivity index (χ0n) is 15.1. The van der Waals surface area contributed by atoms with E-state index in [-0.39, 0.29) is 11.8 Å². The van der Waals surface area contributed by atoms with Gasteiger partial charge in [0.05, 0.1) is 5.69 Å². The molecule has 4 nitrogen and oxygen atoms in total. The van der Waals surface area contributed by atoms with Crippen LogP contribution in [0.25, 0.3) is 11.6 Å². The molecular weight excluding hydrogens is 372 g/mol. The van der Waals surface area contributed by atoms with Crippen LogP contribution in [0, 0.1) is 6.92 Å². The molecule has 1 aliphatic rings. The van der Waals surface area contributed by atoms with Crippen molar-refractivity contribution >= 4 is 46.4 Å². The number of halogens is 1. The van der Waals surface area contributed by atoms with Gasteiger partial charge in [-0.15, -0.1) is 0 Å². The van der Waals surface area contributed by atoms with Crippen LogP contribution in [-0.4, -0.2) is 11.8 Å². The Labute approximate surface area is 167 Å². The van der Waals surface area contributed by atoms with Crippen LogP contribution in [0.15, 0.2) is 66.7 Å². The average Bonchev–Trinajstić information content (AvgIpc) is 2.97. The van der Waals surface area contributed by atoms with Crippen LogP contribution in [0.4, 0.5) is 11.4 Å². The highest BCUT2D eigenvalue weighted by Crippen LogP contribution is 2.35. The van der Waals surface area contributed by atoms with E-state index in [9.17, 15) is 9.59 Å². The highest BCUT2D eigenvalue weighted by molar-refractivity contribution is 6.36. The Balaban J connectivity index is 1.59. The van der Waals surface area contributed by atoms with Gasteiger partial charge in [-0.05, 0) is 55.0 Å². The van der Waals surface area contributed by atoms with Crippen LogP contribution < -0.4 is 10.6 Å². The Morgan fingerprint density at radius 2 is 1.82 bits per heavy atom. The molecule has 0 aliphatic carbocycles. The third-order valence-corrected chi connectivity index (χ3v) is 4.77. The van der Waals surface area contributed by atoms with Gasteiger partial charge in [0.15, 0.2) is 0 Å². The maximum Gasteiger partial charge on any atom is 0.256 e. The molecule has 28 heavy (non-hydrogen) atoms. The van der Waals surface area contributed by atoms with Gasteiger partial charge in [-0.2, -0.15) is 0 Å². The van der Waals surface area contributed by atoms with Crippen molar-refractivity contribution in [2.45, 2.75) is 6.92 Å². The lowest BCUT2D eigenvalue weighted by Gasteiger charge is -2.07. The van der Waals surface area contributed by atoms with Crippen molar-refractivity contribution in [3.05, 3.63) is 94.0 Å². The SMILES string of the molecule is Cc1ccc(C(=O)Nc2cccc(/C=C3/C(=O)Nc4cc(Cl)ccc43)c2)cc1. The molecule has 0 bridgehead atoms. The Bertz CT molecular complexity index is 1120. The van der Waals surface area contributed by atoms with E-state index in [2.05, 4.69) is 10.6 Å². The zero-order valence-corrected chi connectivity index (χ0v) is 15.9. The van der Waals surface area contributed by atoms with Crippen LogP contribution >= 0.6 is 11.6 Å². The summed E-state index contributed by atoms with van der Waals surface area (Å²) in [6.45, 7) is 1.98. The smallest absolute Gasteiger partial charge is 0.256 e. The summed E-state index contributed by atoms with van der Waals surface area (Å²) in [5.74, 6) is -0.352. The predicted octanol–water partition coefficient (Wildman–Crippen LogP) is 5.39. The molecule has 1 heterocycles. The van der Waals surface area contributed by atoms with E-state index in [1.807, 2.05) is 49.4 Å². The first kappa shape index (κ1) is 18.0. The lowest BCUT2D eigenvalue weighted by Crippen LogP contribution is -2.11. The highest BCUT2D eigenvalue weighted by atomic mass is 35.5. The normalized spacial score (nSPS) is 13.9. The number of aryl methyl sites for hydroxylation is 1. The van der Waals surface area contributed by atoms with Crippen molar-refractivity contribution in [1.29, 1.82) is 0 Å². The minimum Gasteiger partial charge on any atom is -0.322 e.